The first-order valence-electron chi connectivity index (χ1n) is 8.05. The van der Waals surface area contributed by atoms with E-state index < -0.39 is 0 Å². The lowest BCUT2D eigenvalue weighted by molar-refractivity contribution is 1.05. The van der Waals surface area contributed by atoms with Crippen LogP contribution in [-0.2, 0) is 6.42 Å². The topological polar surface area (TPSA) is 0 Å². The highest BCUT2D eigenvalue weighted by molar-refractivity contribution is 7.99. The maximum atomic E-state index is 4.31. The first-order chi connectivity index (χ1) is 11.7. The van der Waals surface area contributed by atoms with Gasteiger partial charge >= 0.3 is 0 Å². The molecule has 3 aromatic carbocycles. The van der Waals surface area contributed by atoms with Crippen LogP contribution in [0.3, 0.4) is 0 Å². The molecular weight excluding hydrogens is 308 g/mol. The number of rotatable bonds is 3. The molecule has 0 saturated carbocycles. The predicted octanol–water partition coefficient (Wildman–Crippen LogP) is 6.45. The van der Waals surface area contributed by atoms with Crippen LogP contribution in [-0.4, -0.2) is 0 Å². The van der Waals surface area contributed by atoms with E-state index >= 15 is 0 Å². The Bertz CT molecular complexity index is 933. The van der Waals surface area contributed by atoms with E-state index in [0.29, 0.717) is 0 Å². The van der Waals surface area contributed by atoms with Crippen molar-refractivity contribution in [2.75, 3.05) is 0 Å². The molecular formula is C23H18S. The van der Waals surface area contributed by atoms with E-state index in [1.165, 1.54) is 26.5 Å². The molecule has 3 aromatic rings. The normalized spacial score (nSPS) is 12.2. The molecule has 24 heavy (non-hydrogen) atoms. The molecule has 0 aromatic heterocycles. The van der Waals surface area contributed by atoms with E-state index in [1.807, 2.05) is 17.8 Å². The summed E-state index contributed by atoms with van der Waals surface area (Å²) < 4.78 is 0. The molecule has 0 bridgehead atoms. The van der Waals surface area contributed by atoms with E-state index in [9.17, 15) is 0 Å². The van der Waals surface area contributed by atoms with Crippen molar-refractivity contribution >= 4 is 23.4 Å². The van der Waals surface area contributed by atoms with Crippen molar-refractivity contribution in [1.29, 1.82) is 0 Å². The lowest BCUT2D eigenvalue weighted by Gasteiger charge is -2.20. The molecule has 0 spiro atoms. The average Bonchev–Trinajstić information content (AvgIpc) is 2.65. The van der Waals surface area contributed by atoms with Gasteiger partial charge in [-0.15, -0.1) is 0 Å². The van der Waals surface area contributed by atoms with Crippen molar-refractivity contribution in [3.8, 4) is 0 Å². The van der Waals surface area contributed by atoms with Gasteiger partial charge in [-0.05, 0) is 58.0 Å². The van der Waals surface area contributed by atoms with Gasteiger partial charge in [0.25, 0.3) is 0 Å². The standard InChI is InChI=1S/C23H18S/c1-3-17-8-10-18(11-9-17)16(2)19-12-13-23-21(14-19)15-20-6-4-5-7-22(20)24-23/h3-14H,1-2,15H2. The Labute approximate surface area is 147 Å². The van der Waals surface area contributed by atoms with Gasteiger partial charge in [-0.25, -0.2) is 0 Å². The summed E-state index contributed by atoms with van der Waals surface area (Å²) in [6, 6.07) is 23.8. The maximum absolute atomic E-state index is 4.31. The Kier molecular flexibility index (Phi) is 3.87. The number of fused-ring (bicyclic) bond motifs is 2. The smallest absolute Gasteiger partial charge is 0.0158 e. The minimum atomic E-state index is 0.995. The minimum Gasteiger partial charge on any atom is -0.0985 e. The minimum absolute atomic E-state index is 0.995. The fraction of sp³-hybridized carbons (Fsp3) is 0.0435. The fourth-order valence-corrected chi connectivity index (χ4v) is 4.12. The summed E-state index contributed by atoms with van der Waals surface area (Å²) in [7, 11) is 0. The molecule has 1 aliphatic heterocycles. The second-order valence-corrected chi connectivity index (χ2v) is 7.10. The molecule has 0 unspecified atom stereocenters. The van der Waals surface area contributed by atoms with Crippen molar-refractivity contribution < 1.29 is 0 Å². The van der Waals surface area contributed by atoms with Crippen LogP contribution < -0.4 is 0 Å². The van der Waals surface area contributed by atoms with Gasteiger partial charge in [0.15, 0.2) is 0 Å². The zero-order chi connectivity index (χ0) is 16.5. The van der Waals surface area contributed by atoms with Crippen LogP contribution in [0.5, 0.6) is 0 Å². The van der Waals surface area contributed by atoms with Gasteiger partial charge < -0.3 is 0 Å². The Hall–Kier alpha value is -2.51. The molecule has 4 rings (SSSR count). The van der Waals surface area contributed by atoms with E-state index in [-0.39, 0.29) is 0 Å². The van der Waals surface area contributed by atoms with Crippen LogP contribution in [0.2, 0.25) is 0 Å². The summed E-state index contributed by atoms with van der Waals surface area (Å²) in [5.74, 6) is 0. The van der Waals surface area contributed by atoms with Crippen molar-refractivity contribution in [1.82, 2.24) is 0 Å². The Morgan fingerprint density at radius 2 is 1.54 bits per heavy atom. The lowest BCUT2D eigenvalue weighted by Crippen LogP contribution is -2.00. The van der Waals surface area contributed by atoms with Gasteiger partial charge in [0, 0.05) is 9.79 Å². The summed E-state index contributed by atoms with van der Waals surface area (Å²) in [5.41, 5.74) is 7.35. The van der Waals surface area contributed by atoms with Crippen LogP contribution in [0.15, 0.2) is 89.7 Å². The van der Waals surface area contributed by atoms with Gasteiger partial charge in [-0.2, -0.15) is 0 Å². The molecule has 0 nitrogen and oxygen atoms in total. The number of hydrogen-bond donors (Lipinski definition) is 0. The molecule has 0 radical (unpaired) electrons. The third-order valence-corrected chi connectivity index (χ3v) is 5.71. The van der Waals surface area contributed by atoms with Crippen LogP contribution in [0.25, 0.3) is 11.6 Å². The third-order valence-electron chi connectivity index (χ3n) is 4.48. The van der Waals surface area contributed by atoms with Gasteiger partial charge in [0.05, 0.1) is 0 Å². The second kappa shape index (κ2) is 6.18. The summed E-state index contributed by atoms with van der Waals surface area (Å²) >= 11 is 1.86. The highest BCUT2D eigenvalue weighted by atomic mass is 32.2. The average molecular weight is 326 g/mol. The SMILES string of the molecule is C=Cc1ccc(C(=C)c2ccc3c(c2)Cc2ccccc2S3)cc1. The first-order valence-corrected chi connectivity index (χ1v) is 8.87. The quantitative estimate of drug-likeness (QED) is 0.417. The number of benzene rings is 3. The third kappa shape index (κ3) is 2.72. The van der Waals surface area contributed by atoms with Gasteiger partial charge in [-0.1, -0.05) is 79.5 Å². The number of hydrogen-bond acceptors (Lipinski definition) is 1. The van der Waals surface area contributed by atoms with Crippen LogP contribution in [0.1, 0.15) is 27.8 Å². The molecule has 116 valence electrons. The van der Waals surface area contributed by atoms with Gasteiger partial charge in [-0.3, -0.25) is 0 Å². The fourth-order valence-electron chi connectivity index (χ4n) is 3.07. The van der Waals surface area contributed by atoms with Crippen molar-refractivity contribution in [2.45, 2.75) is 16.2 Å². The van der Waals surface area contributed by atoms with E-state index in [0.717, 1.165) is 23.1 Å². The Balaban J connectivity index is 1.66. The summed E-state index contributed by atoms with van der Waals surface area (Å²) in [5, 5.41) is 0. The maximum Gasteiger partial charge on any atom is 0.0158 e. The highest BCUT2D eigenvalue weighted by Gasteiger charge is 2.16. The van der Waals surface area contributed by atoms with Gasteiger partial charge in [0.1, 0.15) is 0 Å². The summed E-state index contributed by atoms with van der Waals surface area (Å²) in [6.07, 6.45) is 2.86. The molecule has 1 aliphatic rings. The first kappa shape index (κ1) is 15.0. The monoisotopic (exact) mass is 326 g/mol. The molecule has 1 heteroatoms. The molecule has 0 fully saturated rings. The van der Waals surface area contributed by atoms with Crippen LogP contribution in [0.4, 0.5) is 0 Å². The predicted molar refractivity (Wildman–Crippen MR) is 104 cm³/mol. The van der Waals surface area contributed by atoms with E-state index in [1.54, 1.807) is 0 Å². The molecule has 0 N–H and O–H groups in total. The Morgan fingerprint density at radius 3 is 2.33 bits per heavy atom. The largest absolute Gasteiger partial charge is 0.0985 e. The van der Waals surface area contributed by atoms with E-state index in [2.05, 4.69) is 79.9 Å². The van der Waals surface area contributed by atoms with Gasteiger partial charge in [0.2, 0.25) is 0 Å². The van der Waals surface area contributed by atoms with Crippen molar-refractivity contribution in [3.05, 3.63) is 108 Å². The summed E-state index contributed by atoms with van der Waals surface area (Å²) in [4.78, 5) is 2.73. The Morgan fingerprint density at radius 1 is 0.833 bits per heavy atom. The van der Waals surface area contributed by atoms with Crippen molar-refractivity contribution in [3.63, 3.8) is 0 Å². The zero-order valence-corrected chi connectivity index (χ0v) is 14.3. The molecule has 1 heterocycles. The molecule has 0 saturated heterocycles. The second-order valence-electron chi connectivity index (χ2n) is 6.01. The molecule has 0 aliphatic carbocycles. The highest BCUT2D eigenvalue weighted by Crippen LogP contribution is 2.40. The zero-order valence-electron chi connectivity index (χ0n) is 13.5. The lowest BCUT2D eigenvalue weighted by atomic mass is 9.95. The molecule has 0 amide bonds. The molecule has 0 atom stereocenters. The van der Waals surface area contributed by atoms with Crippen molar-refractivity contribution in [2.24, 2.45) is 0 Å². The van der Waals surface area contributed by atoms with Crippen LogP contribution in [0, 0.1) is 0 Å². The summed E-state index contributed by atoms with van der Waals surface area (Å²) in [6.45, 7) is 8.12. The van der Waals surface area contributed by atoms with Crippen LogP contribution >= 0.6 is 11.8 Å². The van der Waals surface area contributed by atoms with E-state index in [4.69, 9.17) is 0 Å².